The van der Waals surface area contributed by atoms with Gasteiger partial charge >= 0.3 is 0 Å². The Labute approximate surface area is 150 Å². The Balaban J connectivity index is 1.42. The number of hydrogen-bond acceptors (Lipinski definition) is 5. The van der Waals surface area contributed by atoms with Gasteiger partial charge in [-0.05, 0) is 49.0 Å². The number of aromatic nitrogens is 4. The molecule has 5 rings (SSSR count). The first-order valence-electron chi connectivity index (χ1n) is 9.02. The minimum atomic E-state index is 0.422. The molecule has 7 heteroatoms. The highest BCUT2D eigenvalue weighted by molar-refractivity contribution is 5.85. The van der Waals surface area contributed by atoms with Crippen molar-refractivity contribution in [3.8, 4) is 0 Å². The third-order valence-electron chi connectivity index (χ3n) is 4.83. The number of pyridine rings is 1. The molecule has 0 saturated carbocycles. The molecule has 1 aliphatic heterocycles. The second kappa shape index (κ2) is 6.34. The van der Waals surface area contributed by atoms with Crippen LogP contribution in [0.5, 0.6) is 0 Å². The highest BCUT2D eigenvalue weighted by Gasteiger charge is 2.15. The van der Waals surface area contributed by atoms with Crippen molar-refractivity contribution in [2.75, 3.05) is 23.7 Å². The molecule has 1 saturated heterocycles. The maximum atomic E-state index is 4.64. The molecule has 3 aromatic heterocycles. The Kier molecular flexibility index (Phi) is 3.71. The zero-order chi connectivity index (χ0) is 17.3. The zero-order valence-corrected chi connectivity index (χ0v) is 14.4. The number of benzene rings is 1. The van der Waals surface area contributed by atoms with Gasteiger partial charge in [0.15, 0.2) is 5.65 Å². The summed E-state index contributed by atoms with van der Waals surface area (Å²) in [5.41, 5.74) is 1.79. The van der Waals surface area contributed by atoms with Crippen molar-refractivity contribution in [2.24, 2.45) is 0 Å². The van der Waals surface area contributed by atoms with E-state index < -0.39 is 0 Å². The highest BCUT2D eigenvalue weighted by Crippen LogP contribution is 2.22. The van der Waals surface area contributed by atoms with Gasteiger partial charge in [0.25, 0.3) is 0 Å². The minimum absolute atomic E-state index is 0.422. The molecular formula is C19H21N7. The summed E-state index contributed by atoms with van der Waals surface area (Å²) in [6.45, 7) is 2.08. The number of aromatic amines is 1. The van der Waals surface area contributed by atoms with Crippen molar-refractivity contribution in [3.05, 3.63) is 48.8 Å². The lowest BCUT2D eigenvalue weighted by molar-refractivity contribution is 0.478. The van der Waals surface area contributed by atoms with E-state index in [9.17, 15) is 0 Å². The number of piperidine rings is 1. The van der Waals surface area contributed by atoms with Gasteiger partial charge in [-0.15, -0.1) is 5.10 Å². The van der Waals surface area contributed by atoms with Crippen molar-refractivity contribution in [1.82, 2.24) is 24.9 Å². The SMILES string of the molecule is c1cc(N[C@H]2CCCNC2)n2nc(Nc3ccc4c[nH]cc4c3)nc2c1. The van der Waals surface area contributed by atoms with Crippen LogP contribution in [-0.4, -0.2) is 38.7 Å². The molecule has 0 amide bonds. The van der Waals surface area contributed by atoms with E-state index in [0.717, 1.165) is 35.6 Å². The van der Waals surface area contributed by atoms with Crippen LogP contribution in [0.4, 0.5) is 17.5 Å². The molecule has 0 spiro atoms. The van der Waals surface area contributed by atoms with Gasteiger partial charge in [0, 0.05) is 36.1 Å². The number of H-pyrrole nitrogens is 1. The molecule has 7 nitrogen and oxygen atoms in total. The van der Waals surface area contributed by atoms with Gasteiger partial charge in [-0.2, -0.15) is 9.50 Å². The van der Waals surface area contributed by atoms with E-state index >= 15 is 0 Å². The molecule has 4 N–H and O–H groups in total. The third kappa shape index (κ3) is 2.86. The van der Waals surface area contributed by atoms with Crippen LogP contribution in [0.2, 0.25) is 0 Å². The number of nitrogens with zero attached hydrogens (tertiary/aromatic N) is 3. The van der Waals surface area contributed by atoms with Crippen molar-refractivity contribution in [2.45, 2.75) is 18.9 Å². The molecule has 4 aromatic rings. The van der Waals surface area contributed by atoms with Gasteiger partial charge in [-0.3, -0.25) is 0 Å². The quantitative estimate of drug-likeness (QED) is 0.456. The summed E-state index contributed by atoms with van der Waals surface area (Å²) in [5, 5.41) is 17.3. The second-order valence-corrected chi connectivity index (χ2v) is 6.73. The molecule has 26 heavy (non-hydrogen) atoms. The van der Waals surface area contributed by atoms with Crippen molar-refractivity contribution in [1.29, 1.82) is 0 Å². The average molecular weight is 347 g/mol. The van der Waals surface area contributed by atoms with E-state index in [-0.39, 0.29) is 0 Å². The lowest BCUT2D eigenvalue weighted by atomic mass is 10.1. The summed E-state index contributed by atoms with van der Waals surface area (Å²) < 4.78 is 1.87. The van der Waals surface area contributed by atoms with Crippen LogP contribution in [0.25, 0.3) is 16.4 Å². The molecule has 0 aliphatic carbocycles. The van der Waals surface area contributed by atoms with E-state index in [2.05, 4.69) is 43.1 Å². The summed E-state index contributed by atoms with van der Waals surface area (Å²) in [7, 11) is 0. The van der Waals surface area contributed by atoms with Crippen LogP contribution in [0.3, 0.4) is 0 Å². The monoisotopic (exact) mass is 347 g/mol. The fraction of sp³-hybridized carbons (Fsp3) is 0.263. The van der Waals surface area contributed by atoms with E-state index in [1.54, 1.807) is 0 Å². The smallest absolute Gasteiger partial charge is 0.247 e. The average Bonchev–Trinajstić information content (AvgIpc) is 3.29. The topological polar surface area (TPSA) is 82.1 Å². The van der Waals surface area contributed by atoms with Gasteiger partial charge < -0.3 is 20.9 Å². The molecule has 4 heterocycles. The summed E-state index contributed by atoms with van der Waals surface area (Å²) >= 11 is 0. The van der Waals surface area contributed by atoms with Crippen molar-refractivity contribution in [3.63, 3.8) is 0 Å². The molecule has 1 fully saturated rings. The van der Waals surface area contributed by atoms with Crippen molar-refractivity contribution >= 4 is 33.9 Å². The van der Waals surface area contributed by atoms with Crippen LogP contribution in [0.15, 0.2) is 48.8 Å². The van der Waals surface area contributed by atoms with Gasteiger partial charge in [0.1, 0.15) is 5.82 Å². The second-order valence-electron chi connectivity index (χ2n) is 6.73. The van der Waals surface area contributed by atoms with Crippen LogP contribution in [-0.2, 0) is 0 Å². The van der Waals surface area contributed by atoms with E-state index in [4.69, 9.17) is 0 Å². The van der Waals surface area contributed by atoms with Crippen LogP contribution in [0.1, 0.15) is 12.8 Å². The normalized spacial score (nSPS) is 17.6. The Morgan fingerprint density at radius 1 is 1.12 bits per heavy atom. The first kappa shape index (κ1) is 15.2. The molecule has 0 unspecified atom stereocenters. The molecule has 0 radical (unpaired) electrons. The molecule has 0 bridgehead atoms. The Bertz CT molecular complexity index is 1040. The molecular weight excluding hydrogens is 326 g/mol. The summed E-state index contributed by atoms with van der Waals surface area (Å²) in [6, 6.07) is 12.7. The first-order chi connectivity index (χ1) is 12.8. The van der Waals surface area contributed by atoms with Crippen LogP contribution in [0, 0.1) is 0 Å². The largest absolute Gasteiger partial charge is 0.366 e. The lowest BCUT2D eigenvalue weighted by Crippen LogP contribution is -2.38. The fourth-order valence-corrected chi connectivity index (χ4v) is 3.51. The fourth-order valence-electron chi connectivity index (χ4n) is 3.51. The summed E-state index contributed by atoms with van der Waals surface area (Å²) in [5.74, 6) is 1.56. The number of nitrogens with one attached hydrogen (secondary N) is 4. The number of rotatable bonds is 4. The highest BCUT2D eigenvalue weighted by atomic mass is 15.4. The number of anilines is 3. The van der Waals surface area contributed by atoms with Crippen LogP contribution < -0.4 is 16.0 Å². The van der Waals surface area contributed by atoms with Gasteiger partial charge in [-0.25, -0.2) is 0 Å². The Morgan fingerprint density at radius 2 is 2.08 bits per heavy atom. The van der Waals surface area contributed by atoms with E-state index in [1.807, 2.05) is 41.2 Å². The molecule has 1 aromatic carbocycles. The molecule has 132 valence electrons. The lowest BCUT2D eigenvalue weighted by Gasteiger charge is -2.24. The summed E-state index contributed by atoms with van der Waals surface area (Å²) in [6.07, 6.45) is 6.33. The Morgan fingerprint density at radius 3 is 3.00 bits per heavy atom. The predicted octanol–water partition coefficient (Wildman–Crippen LogP) is 3.12. The van der Waals surface area contributed by atoms with Crippen LogP contribution >= 0.6 is 0 Å². The maximum absolute atomic E-state index is 4.64. The predicted molar refractivity (Wildman–Crippen MR) is 104 cm³/mol. The van der Waals surface area contributed by atoms with Gasteiger partial charge in [0.05, 0.1) is 0 Å². The number of hydrogen-bond donors (Lipinski definition) is 4. The van der Waals surface area contributed by atoms with E-state index in [0.29, 0.717) is 12.0 Å². The molecule has 1 atom stereocenters. The van der Waals surface area contributed by atoms with Gasteiger partial charge in [-0.1, -0.05) is 12.1 Å². The third-order valence-corrected chi connectivity index (χ3v) is 4.83. The zero-order valence-electron chi connectivity index (χ0n) is 14.4. The molecule has 1 aliphatic rings. The first-order valence-corrected chi connectivity index (χ1v) is 9.02. The standard InChI is InChI=1S/C19H21N7/c1-4-17(22-16-3-2-8-20-12-16)26-18(5-1)24-19(25-26)23-15-7-6-13-10-21-11-14(13)9-15/h1,4-7,9-11,16,20-22H,2-3,8,12H2,(H,23,25)/t16-/m0/s1. The van der Waals surface area contributed by atoms with Crippen molar-refractivity contribution < 1.29 is 0 Å². The number of fused-ring (bicyclic) bond motifs is 2. The van der Waals surface area contributed by atoms with E-state index in [1.165, 1.54) is 18.2 Å². The minimum Gasteiger partial charge on any atom is -0.366 e. The Hall–Kier alpha value is -3.06. The maximum Gasteiger partial charge on any atom is 0.247 e. The van der Waals surface area contributed by atoms with Gasteiger partial charge in [0.2, 0.25) is 5.95 Å². The summed E-state index contributed by atoms with van der Waals surface area (Å²) in [4.78, 5) is 7.73.